The van der Waals surface area contributed by atoms with Crippen LogP contribution in [0.5, 0.6) is 11.5 Å². The molecule has 10 heteroatoms. The zero-order valence-electron chi connectivity index (χ0n) is 15.6. The van der Waals surface area contributed by atoms with Gasteiger partial charge in [-0.1, -0.05) is 22.6 Å². The normalized spacial score (nSPS) is 18.9. The number of ether oxygens (including phenoxy) is 4. The number of halogens is 1. The van der Waals surface area contributed by atoms with Gasteiger partial charge in [-0.2, -0.15) is 0 Å². The number of benzene rings is 1. The van der Waals surface area contributed by atoms with Crippen molar-refractivity contribution in [1.29, 1.82) is 0 Å². The van der Waals surface area contributed by atoms with E-state index in [1.54, 1.807) is 19.2 Å². The SMILES string of the molecule is COCCOCCOCCOc1ccc(C2=N[C@@](CI)(C(=O)O)CS2)c(O)c1. The zero-order valence-corrected chi connectivity index (χ0v) is 18.5. The summed E-state index contributed by atoms with van der Waals surface area (Å²) in [5, 5.41) is 20.2. The van der Waals surface area contributed by atoms with Crippen molar-refractivity contribution in [3.63, 3.8) is 0 Å². The Morgan fingerprint density at radius 3 is 2.46 bits per heavy atom. The van der Waals surface area contributed by atoms with Gasteiger partial charge >= 0.3 is 5.97 Å². The van der Waals surface area contributed by atoms with Crippen molar-refractivity contribution < 1.29 is 34.0 Å². The molecule has 1 heterocycles. The van der Waals surface area contributed by atoms with E-state index >= 15 is 0 Å². The zero-order chi connectivity index (χ0) is 20.4. The summed E-state index contributed by atoms with van der Waals surface area (Å²) in [7, 11) is 1.62. The molecule has 1 aromatic rings. The lowest BCUT2D eigenvalue weighted by Crippen LogP contribution is -2.39. The quantitative estimate of drug-likeness (QED) is 0.230. The van der Waals surface area contributed by atoms with Gasteiger partial charge in [0.15, 0.2) is 5.54 Å². The highest BCUT2D eigenvalue weighted by Crippen LogP contribution is 2.36. The smallest absolute Gasteiger partial charge is 0.333 e. The highest BCUT2D eigenvalue weighted by molar-refractivity contribution is 14.1. The van der Waals surface area contributed by atoms with Gasteiger partial charge in [0, 0.05) is 28.9 Å². The van der Waals surface area contributed by atoms with E-state index in [1.165, 1.54) is 17.8 Å². The second-order valence-corrected chi connectivity index (χ2v) is 7.65. The molecule has 0 fully saturated rings. The summed E-state index contributed by atoms with van der Waals surface area (Å²) in [6.45, 7) is 2.79. The molecule has 1 aliphatic rings. The average molecular weight is 525 g/mol. The monoisotopic (exact) mass is 525 g/mol. The lowest BCUT2D eigenvalue weighted by molar-refractivity contribution is -0.141. The number of alkyl halides is 1. The molecule has 28 heavy (non-hydrogen) atoms. The number of phenolic OH excluding ortho intramolecular Hbond substituents is 1. The third-order valence-corrected chi connectivity index (χ3v) is 6.35. The molecule has 8 nitrogen and oxygen atoms in total. The highest BCUT2D eigenvalue weighted by atomic mass is 127. The predicted molar refractivity (Wildman–Crippen MR) is 115 cm³/mol. The Labute approximate surface area is 181 Å². The van der Waals surface area contributed by atoms with Gasteiger partial charge in [0.05, 0.1) is 33.0 Å². The van der Waals surface area contributed by atoms with Crippen molar-refractivity contribution in [3.05, 3.63) is 23.8 Å². The molecule has 0 saturated heterocycles. The number of rotatable bonds is 13. The van der Waals surface area contributed by atoms with E-state index in [2.05, 4.69) is 4.99 Å². The fourth-order valence-corrected chi connectivity index (χ4v) is 4.65. The minimum absolute atomic E-state index is 0.00542. The van der Waals surface area contributed by atoms with E-state index in [-0.39, 0.29) is 5.75 Å². The van der Waals surface area contributed by atoms with E-state index in [4.69, 9.17) is 18.9 Å². The number of methoxy groups -OCH3 is 1. The third kappa shape index (κ3) is 6.48. The summed E-state index contributed by atoms with van der Waals surface area (Å²) in [6.07, 6.45) is 0. The molecule has 0 radical (unpaired) electrons. The highest BCUT2D eigenvalue weighted by Gasteiger charge is 2.42. The van der Waals surface area contributed by atoms with Gasteiger partial charge in [0.2, 0.25) is 0 Å². The van der Waals surface area contributed by atoms with E-state index in [9.17, 15) is 15.0 Å². The van der Waals surface area contributed by atoms with Gasteiger partial charge in [-0.05, 0) is 12.1 Å². The van der Waals surface area contributed by atoms with Crippen LogP contribution in [0, 0.1) is 0 Å². The lowest BCUT2D eigenvalue weighted by Gasteiger charge is -2.15. The summed E-state index contributed by atoms with van der Waals surface area (Å²) in [5.74, 6) is -0.0906. The fourth-order valence-electron chi connectivity index (χ4n) is 2.28. The number of aliphatic carboxylic acids is 1. The van der Waals surface area contributed by atoms with Crippen molar-refractivity contribution in [3.8, 4) is 11.5 Å². The first-order valence-corrected chi connectivity index (χ1v) is 11.2. The van der Waals surface area contributed by atoms with Crippen LogP contribution in [0.1, 0.15) is 5.56 Å². The van der Waals surface area contributed by atoms with E-state index < -0.39 is 11.5 Å². The Kier molecular flexibility index (Phi) is 9.79. The molecule has 0 saturated carbocycles. The molecule has 1 aliphatic heterocycles. The standard InChI is InChI=1S/C18H24INO7S/c1-24-4-5-25-6-7-26-8-9-27-13-2-3-14(15(21)10-13)16-20-18(11-19,12-28-16)17(22)23/h2-3,10,21H,4-9,11-12H2,1H3,(H,22,23)/t18-/m1/s1. The topological polar surface area (TPSA) is 107 Å². The number of thioether (sulfide) groups is 1. The molecule has 2 N–H and O–H groups in total. The van der Waals surface area contributed by atoms with Crippen LogP contribution in [0.2, 0.25) is 0 Å². The molecule has 0 bridgehead atoms. The van der Waals surface area contributed by atoms with Gasteiger partial charge < -0.3 is 29.2 Å². The Hall–Kier alpha value is -1.08. The number of aliphatic imine (C=N–C) groups is 1. The number of phenols is 1. The number of carbonyl (C=O) groups is 1. The fraction of sp³-hybridized carbons (Fsp3) is 0.556. The molecular formula is C18H24INO7S. The number of nitrogens with zero attached hydrogens (tertiary/aromatic N) is 1. The molecule has 2 rings (SSSR count). The molecule has 0 aliphatic carbocycles. The Morgan fingerprint density at radius 1 is 1.21 bits per heavy atom. The van der Waals surface area contributed by atoms with Gasteiger partial charge in [-0.15, -0.1) is 11.8 Å². The van der Waals surface area contributed by atoms with Gasteiger partial charge in [0.1, 0.15) is 23.1 Å². The first kappa shape index (κ1) is 23.2. The molecular weight excluding hydrogens is 501 g/mol. The van der Waals surface area contributed by atoms with E-state index in [1.807, 2.05) is 22.6 Å². The van der Waals surface area contributed by atoms with Crippen molar-refractivity contribution in [2.75, 3.05) is 56.9 Å². The molecule has 0 unspecified atom stereocenters. The average Bonchev–Trinajstić information content (AvgIpc) is 3.12. The van der Waals surface area contributed by atoms with Crippen molar-refractivity contribution in [2.45, 2.75) is 5.54 Å². The van der Waals surface area contributed by atoms with Crippen LogP contribution in [0.3, 0.4) is 0 Å². The summed E-state index contributed by atoms with van der Waals surface area (Å²) in [4.78, 5) is 15.8. The van der Waals surface area contributed by atoms with Crippen molar-refractivity contribution in [2.24, 2.45) is 4.99 Å². The number of hydrogen-bond acceptors (Lipinski definition) is 8. The number of aromatic hydroxyl groups is 1. The summed E-state index contributed by atoms with van der Waals surface area (Å²) in [6, 6.07) is 4.90. The minimum Gasteiger partial charge on any atom is -0.507 e. The van der Waals surface area contributed by atoms with Crippen LogP contribution in [0.15, 0.2) is 23.2 Å². The summed E-state index contributed by atoms with van der Waals surface area (Å²) < 4.78 is 21.5. The third-order valence-electron chi connectivity index (χ3n) is 3.88. The molecule has 1 atom stereocenters. The van der Waals surface area contributed by atoms with E-state index in [0.717, 1.165) is 0 Å². The summed E-state index contributed by atoms with van der Waals surface area (Å²) in [5.41, 5.74) is -0.623. The largest absolute Gasteiger partial charge is 0.507 e. The number of carboxylic acids is 1. The van der Waals surface area contributed by atoms with Crippen molar-refractivity contribution >= 4 is 45.4 Å². The van der Waals surface area contributed by atoms with Gasteiger partial charge in [-0.25, -0.2) is 4.79 Å². The van der Waals surface area contributed by atoms with Gasteiger partial charge in [-0.3, -0.25) is 4.99 Å². The number of hydrogen-bond donors (Lipinski definition) is 2. The van der Waals surface area contributed by atoms with Crippen LogP contribution in [-0.4, -0.2) is 83.7 Å². The van der Waals surface area contributed by atoms with Crippen LogP contribution < -0.4 is 4.74 Å². The van der Waals surface area contributed by atoms with Crippen LogP contribution in [0.25, 0.3) is 0 Å². The second-order valence-electron chi connectivity index (χ2n) is 5.92. The lowest BCUT2D eigenvalue weighted by atomic mass is 10.1. The molecule has 0 spiro atoms. The number of carboxylic acid groups (broad SMARTS) is 1. The molecule has 0 aromatic heterocycles. The maximum atomic E-state index is 11.5. The Morgan fingerprint density at radius 2 is 1.89 bits per heavy atom. The van der Waals surface area contributed by atoms with Crippen LogP contribution >= 0.6 is 34.4 Å². The second kappa shape index (κ2) is 11.8. The molecule has 0 amide bonds. The molecule has 156 valence electrons. The maximum Gasteiger partial charge on any atom is 0.333 e. The first-order valence-electron chi connectivity index (χ1n) is 8.65. The maximum absolute atomic E-state index is 11.5. The van der Waals surface area contributed by atoms with E-state index in [0.29, 0.717) is 66.2 Å². The molecule has 1 aromatic carbocycles. The Bertz CT molecular complexity index is 688. The Balaban J connectivity index is 1.80. The first-order chi connectivity index (χ1) is 13.5. The minimum atomic E-state index is -1.13. The van der Waals surface area contributed by atoms with Gasteiger partial charge in [0.25, 0.3) is 0 Å². The van der Waals surface area contributed by atoms with Crippen molar-refractivity contribution in [1.82, 2.24) is 0 Å². The van der Waals surface area contributed by atoms with Crippen LogP contribution in [-0.2, 0) is 19.0 Å². The summed E-state index contributed by atoms with van der Waals surface area (Å²) >= 11 is 3.36. The predicted octanol–water partition coefficient (Wildman–Crippen LogP) is 2.20. The van der Waals surface area contributed by atoms with Crippen LogP contribution in [0.4, 0.5) is 0 Å².